The molecule has 5 rings (SSSR count). The number of fused-ring (bicyclic) bond motifs is 1. The Balaban J connectivity index is 1.48. The molecule has 1 amide bonds. The van der Waals surface area contributed by atoms with Crippen molar-refractivity contribution in [2.24, 2.45) is 0 Å². The summed E-state index contributed by atoms with van der Waals surface area (Å²) in [4.78, 5) is 28.2. The number of H-pyrrole nitrogens is 1. The van der Waals surface area contributed by atoms with Gasteiger partial charge in [-0.25, -0.2) is 15.0 Å². The maximum Gasteiger partial charge on any atom is 0.417 e. The first-order valence-electron chi connectivity index (χ1n) is 9.76. The zero-order valence-corrected chi connectivity index (χ0v) is 16.6. The number of nitrogens with one attached hydrogen (secondary N) is 1. The summed E-state index contributed by atoms with van der Waals surface area (Å²) in [5, 5.41) is 6.72. The first-order valence-corrected chi connectivity index (χ1v) is 9.76. The zero-order valence-electron chi connectivity index (χ0n) is 16.6. The number of pyridine rings is 1. The van der Waals surface area contributed by atoms with Crippen molar-refractivity contribution in [3.05, 3.63) is 60.3 Å². The fraction of sp³-hybridized carbons (Fsp3) is 0.250. The number of carbonyl (C=O) groups excluding carboxylic acids is 1. The number of carbonyl (C=O) groups is 1. The normalized spacial score (nSPS) is 17.2. The summed E-state index contributed by atoms with van der Waals surface area (Å²) in [6.45, 7) is 1.53. The maximum absolute atomic E-state index is 13.2. The van der Waals surface area contributed by atoms with Crippen molar-refractivity contribution in [1.82, 2.24) is 34.4 Å². The second-order valence-electron chi connectivity index (χ2n) is 7.36. The molecule has 0 aliphatic carbocycles. The number of nitrogens with zero attached hydrogens (tertiary/aromatic N) is 7. The Morgan fingerprint density at radius 2 is 2.00 bits per heavy atom. The minimum absolute atomic E-state index is 0.205. The first kappa shape index (κ1) is 20.0. The number of amides is 1. The van der Waals surface area contributed by atoms with Gasteiger partial charge in [-0.2, -0.15) is 18.3 Å². The molecule has 1 atom stereocenters. The van der Waals surface area contributed by atoms with Crippen LogP contribution in [0.15, 0.2) is 49.2 Å². The van der Waals surface area contributed by atoms with Crippen LogP contribution in [-0.4, -0.2) is 60.5 Å². The van der Waals surface area contributed by atoms with Gasteiger partial charge < -0.3 is 9.80 Å². The molecule has 5 heterocycles. The Morgan fingerprint density at radius 1 is 1.12 bits per heavy atom. The largest absolute Gasteiger partial charge is 0.417 e. The molecule has 1 saturated heterocycles. The van der Waals surface area contributed by atoms with Gasteiger partial charge in [0.15, 0.2) is 5.82 Å². The van der Waals surface area contributed by atoms with Gasteiger partial charge in [-0.05, 0) is 18.2 Å². The maximum atomic E-state index is 13.2. The summed E-state index contributed by atoms with van der Waals surface area (Å²) in [7, 11) is 0. The summed E-state index contributed by atoms with van der Waals surface area (Å²) >= 11 is 0. The fourth-order valence-electron chi connectivity index (χ4n) is 3.83. The lowest BCUT2D eigenvalue weighted by atomic mass is 10.1. The van der Waals surface area contributed by atoms with Crippen molar-refractivity contribution in [2.45, 2.75) is 12.2 Å². The van der Waals surface area contributed by atoms with Crippen molar-refractivity contribution in [1.29, 1.82) is 0 Å². The van der Waals surface area contributed by atoms with Crippen molar-refractivity contribution < 1.29 is 18.0 Å². The second kappa shape index (κ2) is 7.62. The fourth-order valence-corrected chi connectivity index (χ4v) is 3.83. The molecule has 164 valence electrons. The van der Waals surface area contributed by atoms with Crippen molar-refractivity contribution in [3.8, 4) is 11.5 Å². The van der Waals surface area contributed by atoms with E-state index in [1.54, 1.807) is 29.6 Å². The molecular formula is C20H17F3N8O. The topological polar surface area (TPSA) is 95.3 Å². The Labute approximate surface area is 179 Å². The third-order valence-electron chi connectivity index (χ3n) is 5.49. The third kappa shape index (κ3) is 3.53. The highest BCUT2D eigenvalue weighted by Gasteiger charge is 2.32. The van der Waals surface area contributed by atoms with Gasteiger partial charge >= 0.3 is 6.18 Å². The lowest BCUT2D eigenvalue weighted by Gasteiger charge is -2.39. The Kier molecular flexibility index (Phi) is 4.76. The Hall–Kier alpha value is -3.96. The summed E-state index contributed by atoms with van der Waals surface area (Å²) in [5.74, 6) is 0.864. The molecule has 1 aliphatic rings. The van der Waals surface area contributed by atoms with E-state index in [-0.39, 0.29) is 11.9 Å². The van der Waals surface area contributed by atoms with E-state index in [0.717, 1.165) is 24.2 Å². The molecule has 0 bridgehead atoms. The number of halogens is 3. The monoisotopic (exact) mass is 442 g/mol. The van der Waals surface area contributed by atoms with E-state index in [9.17, 15) is 18.0 Å². The SMILES string of the molecule is O=CN1CCN(c2ccnc(-c3cnc4ccc(C(F)(F)F)cn34)n2)CC1c1cn[nH]c1. The molecule has 4 aromatic heterocycles. The van der Waals surface area contributed by atoms with Crippen LogP contribution in [0.1, 0.15) is 17.2 Å². The minimum atomic E-state index is -4.47. The highest BCUT2D eigenvalue weighted by Crippen LogP contribution is 2.31. The summed E-state index contributed by atoms with van der Waals surface area (Å²) in [6, 6.07) is 3.83. The average molecular weight is 442 g/mol. The molecule has 0 radical (unpaired) electrons. The molecule has 12 heteroatoms. The molecule has 1 aliphatic heterocycles. The molecule has 1 unspecified atom stereocenters. The standard InChI is InChI=1S/C20H17F3N8O/c21-20(22,23)14-1-2-17-25-9-15(31(17)10-14)19-24-4-3-18(28-19)29-5-6-30(12-32)16(11-29)13-7-26-27-8-13/h1-4,7-10,12,16H,5-6,11H2,(H,26,27). The van der Waals surface area contributed by atoms with Gasteiger partial charge in [-0.3, -0.25) is 14.3 Å². The third-order valence-corrected chi connectivity index (χ3v) is 5.49. The van der Waals surface area contributed by atoms with Crippen LogP contribution in [0.2, 0.25) is 0 Å². The number of aromatic nitrogens is 6. The Morgan fingerprint density at radius 3 is 2.75 bits per heavy atom. The second-order valence-corrected chi connectivity index (χ2v) is 7.36. The van der Waals surface area contributed by atoms with Crippen LogP contribution in [0, 0.1) is 0 Å². The van der Waals surface area contributed by atoms with Gasteiger partial charge in [0.05, 0.1) is 24.0 Å². The Bertz CT molecular complexity index is 1250. The lowest BCUT2D eigenvalue weighted by molar-refractivity contribution is -0.137. The van der Waals surface area contributed by atoms with Crippen molar-refractivity contribution in [2.75, 3.05) is 24.5 Å². The van der Waals surface area contributed by atoms with E-state index in [1.807, 2.05) is 4.90 Å². The van der Waals surface area contributed by atoms with Crippen LogP contribution in [-0.2, 0) is 11.0 Å². The quantitative estimate of drug-likeness (QED) is 0.488. The molecule has 0 aromatic carbocycles. The van der Waals surface area contributed by atoms with Gasteiger partial charge in [-0.1, -0.05) is 0 Å². The number of rotatable bonds is 4. The van der Waals surface area contributed by atoms with Crippen molar-refractivity contribution >= 4 is 17.9 Å². The number of alkyl halides is 3. The molecule has 0 spiro atoms. The van der Waals surface area contributed by atoms with E-state index in [2.05, 4.69) is 25.1 Å². The van der Waals surface area contributed by atoms with E-state index >= 15 is 0 Å². The molecule has 4 aromatic rings. The van der Waals surface area contributed by atoms with Crippen LogP contribution < -0.4 is 4.90 Å². The molecule has 9 nitrogen and oxygen atoms in total. The van der Waals surface area contributed by atoms with E-state index in [4.69, 9.17) is 0 Å². The molecule has 1 fully saturated rings. The zero-order chi connectivity index (χ0) is 22.3. The van der Waals surface area contributed by atoms with Gasteiger partial charge in [0.2, 0.25) is 6.41 Å². The molecule has 32 heavy (non-hydrogen) atoms. The number of anilines is 1. The summed E-state index contributed by atoms with van der Waals surface area (Å²) < 4.78 is 40.8. The molecular weight excluding hydrogens is 425 g/mol. The molecule has 1 N–H and O–H groups in total. The van der Waals surface area contributed by atoms with Crippen LogP contribution in [0.3, 0.4) is 0 Å². The van der Waals surface area contributed by atoms with Gasteiger partial charge in [0.25, 0.3) is 0 Å². The van der Waals surface area contributed by atoms with Crippen LogP contribution in [0.25, 0.3) is 17.2 Å². The minimum Gasteiger partial charge on any atom is -0.352 e. The predicted octanol–water partition coefficient (Wildman–Crippen LogP) is 2.55. The van der Waals surface area contributed by atoms with Crippen LogP contribution in [0.5, 0.6) is 0 Å². The highest BCUT2D eigenvalue weighted by molar-refractivity contribution is 5.59. The van der Waals surface area contributed by atoms with E-state index in [1.165, 1.54) is 16.7 Å². The number of hydrogen-bond acceptors (Lipinski definition) is 6. The summed E-state index contributed by atoms with van der Waals surface area (Å²) in [6.07, 6.45) is 3.76. The van der Waals surface area contributed by atoms with Crippen molar-refractivity contribution in [3.63, 3.8) is 0 Å². The predicted molar refractivity (Wildman–Crippen MR) is 108 cm³/mol. The number of aromatic amines is 1. The summed E-state index contributed by atoms with van der Waals surface area (Å²) in [5.41, 5.74) is 0.804. The average Bonchev–Trinajstić information content (AvgIpc) is 3.48. The first-order chi connectivity index (χ1) is 15.4. The number of hydrogen-bond donors (Lipinski definition) is 1. The van der Waals surface area contributed by atoms with E-state index < -0.39 is 11.7 Å². The highest BCUT2D eigenvalue weighted by atomic mass is 19.4. The number of imidazole rings is 1. The van der Waals surface area contributed by atoms with Gasteiger partial charge in [-0.15, -0.1) is 0 Å². The number of piperazine rings is 1. The molecule has 0 saturated carbocycles. The van der Waals surface area contributed by atoms with Gasteiger partial charge in [0.1, 0.15) is 17.2 Å². The van der Waals surface area contributed by atoms with Crippen LogP contribution >= 0.6 is 0 Å². The lowest BCUT2D eigenvalue weighted by Crippen LogP contribution is -2.48. The van der Waals surface area contributed by atoms with Crippen LogP contribution in [0.4, 0.5) is 19.0 Å². The van der Waals surface area contributed by atoms with E-state index in [0.29, 0.717) is 36.8 Å². The van der Waals surface area contributed by atoms with Gasteiger partial charge in [0, 0.05) is 43.8 Å². The smallest absolute Gasteiger partial charge is 0.352 e.